The van der Waals surface area contributed by atoms with Crippen LogP contribution in [0.1, 0.15) is 26.4 Å². The second-order valence-electron chi connectivity index (χ2n) is 12.3. The van der Waals surface area contributed by atoms with Crippen molar-refractivity contribution in [3.05, 3.63) is 120 Å². The van der Waals surface area contributed by atoms with Crippen LogP contribution in [0, 0.1) is 0 Å². The standard InChI is InChI=1S/C35H26N4O15S4.4Na.4H/c40-33(38-31-17-27(57(49,50)51)15-21-13-25(55(43,44)45)7-9-29(21)31)19-3-1-5-23(11-19)36-35(42)37-24-6-2-4-20(12-24)34(41)39-32-18-28(58(52,53)54)16-22-14-26(56(46,47)48)8-10-30(22)32;;;;;;;;/h1-18H,(H,38,40)(H,39,41)(H2,36,37,42)(H,43,44,45)(H,46,47,48)(H,49,50,51)(H,52,53,54);;;;;;;;/q;4*+1;4*-1. The summed E-state index contributed by atoms with van der Waals surface area (Å²) in [7, 11) is -19.1. The Morgan fingerprint density at radius 3 is 1.05 bits per heavy atom. The fourth-order valence-corrected chi connectivity index (χ4v) is 7.74. The molecule has 8 N–H and O–H groups in total. The van der Waals surface area contributed by atoms with E-state index in [1.807, 2.05) is 0 Å². The summed E-state index contributed by atoms with van der Waals surface area (Å²) in [5.41, 5.74) is -0.204. The summed E-state index contributed by atoms with van der Waals surface area (Å²) >= 11 is 0. The predicted octanol–water partition coefficient (Wildman–Crippen LogP) is -6.41. The Balaban J connectivity index is -0.00000496. The van der Waals surface area contributed by atoms with Gasteiger partial charge in [0.2, 0.25) is 0 Å². The first-order chi connectivity index (χ1) is 27.0. The quantitative estimate of drug-likeness (QED) is 0.0468. The van der Waals surface area contributed by atoms with Crippen LogP contribution in [0.4, 0.5) is 27.5 Å². The molecule has 0 aromatic heterocycles. The topological polar surface area (TPSA) is 317 Å². The number of hydrogen-bond donors (Lipinski definition) is 8. The van der Waals surface area contributed by atoms with Gasteiger partial charge in [-0.15, -0.1) is 0 Å². The van der Waals surface area contributed by atoms with Crippen molar-refractivity contribution < 1.29 is 190 Å². The molecule has 6 aromatic carbocycles. The van der Waals surface area contributed by atoms with E-state index < -0.39 is 77.9 Å². The minimum Gasteiger partial charge on any atom is -1.00 e. The van der Waals surface area contributed by atoms with E-state index in [1.165, 1.54) is 60.7 Å². The number of fused-ring (bicyclic) bond motifs is 2. The van der Waals surface area contributed by atoms with Crippen LogP contribution < -0.4 is 139 Å². The summed E-state index contributed by atoms with van der Waals surface area (Å²) in [6.45, 7) is 0. The van der Waals surface area contributed by atoms with Crippen molar-refractivity contribution in [3.8, 4) is 0 Å². The molecule has 0 saturated carbocycles. The molecule has 0 atom stereocenters. The van der Waals surface area contributed by atoms with Crippen molar-refractivity contribution in [2.45, 2.75) is 19.6 Å². The Morgan fingerprint density at radius 2 is 0.726 bits per heavy atom. The number of urea groups is 1. The summed E-state index contributed by atoms with van der Waals surface area (Å²) in [5.74, 6) is -1.63. The van der Waals surface area contributed by atoms with Gasteiger partial charge in [0.05, 0.1) is 31.0 Å². The molecule has 6 aromatic rings. The zero-order valence-corrected chi connectivity index (χ0v) is 44.1. The van der Waals surface area contributed by atoms with Crippen LogP contribution in [-0.4, -0.2) is 69.7 Å². The van der Waals surface area contributed by atoms with Crippen molar-refractivity contribution >= 4 is 103 Å². The van der Waals surface area contributed by atoms with Gasteiger partial charge in [0, 0.05) is 33.3 Å². The summed E-state index contributed by atoms with van der Waals surface area (Å²) in [5, 5.41) is 10.2. The number of carbonyl (C=O) groups is 3. The zero-order chi connectivity index (χ0) is 42.4. The van der Waals surface area contributed by atoms with Crippen LogP contribution >= 0.6 is 0 Å². The summed E-state index contributed by atoms with van der Waals surface area (Å²) in [4.78, 5) is 37.1. The number of carbonyl (C=O) groups excluding carboxylic acids is 3. The minimum atomic E-state index is -4.85. The van der Waals surface area contributed by atoms with E-state index in [0.717, 1.165) is 48.5 Å². The molecule has 62 heavy (non-hydrogen) atoms. The Kier molecular flexibility index (Phi) is 19.6. The molecular formula is C35H30N4Na4O15S4. The third kappa shape index (κ3) is 13.9. The third-order valence-electron chi connectivity index (χ3n) is 8.25. The van der Waals surface area contributed by atoms with Crippen LogP contribution in [0.15, 0.2) is 129 Å². The molecule has 6 rings (SSSR count). The summed E-state index contributed by atoms with van der Waals surface area (Å²) < 4.78 is 133. The van der Waals surface area contributed by atoms with Crippen LogP contribution in [0.25, 0.3) is 21.5 Å². The molecule has 27 heteroatoms. The van der Waals surface area contributed by atoms with E-state index in [1.54, 1.807) is 0 Å². The number of rotatable bonds is 10. The monoisotopic (exact) mass is 966 g/mol. The molecule has 0 bridgehead atoms. The van der Waals surface area contributed by atoms with Gasteiger partial charge in [-0.3, -0.25) is 27.8 Å². The minimum absolute atomic E-state index is 0. The number of nitrogens with one attached hydrogen (secondary N) is 4. The fourth-order valence-electron chi connectivity index (χ4n) is 5.63. The van der Waals surface area contributed by atoms with Crippen LogP contribution in [0.5, 0.6) is 0 Å². The second-order valence-corrected chi connectivity index (χ2v) is 17.9. The fraction of sp³-hybridized carbons (Fsp3) is 0. The largest absolute Gasteiger partial charge is 1.00 e. The molecular weight excluding hydrogens is 937 g/mol. The molecule has 0 heterocycles. The maximum Gasteiger partial charge on any atom is 1.00 e. The van der Waals surface area contributed by atoms with E-state index in [0.29, 0.717) is 0 Å². The van der Waals surface area contributed by atoms with Crippen molar-refractivity contribution in [2.24, 2.45) is 0 Å². The average Bonchev–Trinajstić information content (AvgIpc) is 3.12. The van der Waals surface area contributed by atoms with Gasteiger partial charge < -0.3 is 27.0 Å². The molecule has 0 radical (unpaired) electrons. The van der Waals surface area contributed by atoms with Crippen LogP contribution in [0.2, 0.25) is 0 Å². The van der Waals surface area contributed by atoms with Crippen molar-refractivity contribution in [1.82, 2.24) is 0 Å². The summed E-state index contributed by atoms with van der Waals surface area (Å²) in [6.07, 6.45) is 0. The van der Waals surface area contributed by atoms with Crippen LogP contribution in [-0.2, 0) is 40.5 Å². The normalized spacial score (nSPS) is 11.4. The Labute approximate surface area is 448 Å². The molecule has 0 spiro atoms. The Bertz CT molecular complexity index is 3010. The number of amides is 4. The predicted molar refractivity (Wildman–Crippen MR) is 213 cm³/mol. The maximum absolute atomic E-state index is 13.3. The molecule has 0 fully saturated rings. The molecule has 0 aliphatic carbocycles. The molecule has 0 saturated heterocycles. The van der Waals surface area contributed by atoms with Gasteiger partial charge in [-0.05, 0) is 95.7 Å². The molecule has 0 aliphatic heterocycles. The van der Waals surface area contributed by atoms with Gasteiger partial charge in [0.1, 0.15) is 0 Å². The van der Waals surface area contributed by atoms with Crippen LogP contribution in [0.3, 0.4) is 0 Å². The zero-order valence-electron chi connectivity index (χ0n) is 36.8. The van der Waals surface area contributed by atoms with Crippen molar-refractivity contribution in [3.63, 3.8) is 0 Å². The van der Waals surface area contributed by atoms with E-state index >= 15 is 0 Å². The first kappa shape index (κ1) is 55.8. The second kappa shape index (κ2) is 21.8. The van der Waals surface area contributed by atoms with Gasteiger partial charge in [-0.25, -0.2) is 4.79 Å². The molecule has 0 unspecified atom stereocenters. The Morgan fingerprint density at radius 1 is 0.403 bits per heavy atom. The van der Waals surface area contributed by atoms with E-state index in [2.05, 4.69) is 21.3 Å². The van der Waals surface area contributed by atoms with E-state index in [9.17, 15) is 66.3 Å². The van der Waals surface area contributed by atoms with Crippen molar-refractivity contribution in [1.29, 1.82) is 0 Å². The van der Waals surface area contributed by atoms with Gasteiger partial charge in [-0.1, -0.05) is 24.3 Å². The maximum atomic E-state index is 13.3. The SMILES string of the molecule is O=C(Nc1cccc(C(=O)Nc2cc(S(=O)(=O)O)cc3cc(S(=O)(=O)O)ccc23)c1)Nc1cccc(C(=O)Nc2cc(S(=O)(=O)O)cc3cc(S(=O)(=O)O)ccc23)c1.[H-].[H-].[H-].[H-].[Na+].[Na+].[Na+].[Na+]. The molecule has 19 nitrogen and oxygen atoms in total. The van der Waals surface area contributed by atoms with Crippen molar-refractivity contribution in [2.75, 3.05) is 21.3 Å². The van der Waals surface area contributed by atoms with Gasteiger partial charge >= 0.3 is 124 Å². The van der Waals surface area contributed by atoms with Gasteiger partial charge in [-0.2, -0.15) is 33.7 Å². The molecule has 308 valence electrons. The Hall–Kier alpha value is -2.31. The van der Waals surface area contributed by atoms with E-state index in [-0.39, 0.29) is 179 Å². The number of anilines is 4. The van der Waals surface area contributed by atoms with Gasteiger partial charge in [0.15, 0.2) is 0 Å². The average molecular weight is 967 g/mol. The summed E-state index contributed by atoms with van der Waals surface area (Å²) in [6, 6.07) is 20.2. The van der Waals surface area contributed by atoms with E-state index in [4.69, 9.17) is 0 Å². The first-order valence-electron chi connectivity index (χ1n) is 15.9. The first-order valence-corrected chi connectivity index (χ1v) is 21.7. The number of hydrogen-bond acceptors (Lipinski definition) is 11. The molecule has 0 aliphatic rings. The molecule has 4 amide bonds. The number of benzene rings is 6. The van der Waals surface area contributed by atoms with Gasteiger partial charge in [0.25, 0.3) is 52.3 Å². The third-order valence-corrected chi connectivity index (χ3v) is 11.6. The smallest absolute Gasteiger partial charge is 1.00 e.